The zero-order chi connectivity index (χ0) is 14.0. The van der Waals surface area contributed by atoms with Crippen molar-refractivity contribution in [2.75, 3.05) is 24.5 Å². The second-order valence-corrected chi connectivity index (χ2v) is 4.80. The molecule has 0 aromatic heterocycles. The highest BCUT2D eigenvalue weighted by Crippen LogP contribution is 2.28. The number of hydrogen-bond donors (Lipinski definition) is 1. The fraction of sp³-hybridized carbons (Fsp3) is 0.538. The summed E-state index contributed by atoms with van der Waals surface area (Å²) < 4.78 is 53.9. The summed E-state index contributed by atoms with van der Waals surface area (Å²) in [5.41, 5.74) is -0.591. The van der Waals surface area contributed by atoms with Gasteiger partial charge in [0.15, 0.2) is 23.3 Å². The number of halogens is 4. The van der Waals surface area contributed by atoms with Crippen molar-refractivity contribution < 1.29 is 17.6 Å². The molecule has 2 rings (SSSR count). The summed E-state index contributed by atoms with van der Waals surface area (Å²) in [5, 5.41) is 3.25. The summed E-state index contributed by atoms with van der Waals surface area (Å²) in [7, 11) is 0. The molecule has 0 bridgehead atoms. The molecule has 0 saturated carbocycles. The van der Waals surface area contributed by atoms with Crippen LogP contribution in [0.2, 0.25) is 0 Å². The number of nitrogens with one attached hydrogen (secondary N) is 1. The molecule has 19 heavy (non-hydrogen) atoms. The predicted molar refractivity (Wildman–Crippen MR) is 65.2 cm³/mol. The predicted octanol–water partition coefficient (Wildman–Crippen LogP) is 2.82. The summed E-state index contributed by atoms with van der Waals surface area (Å²) in [4.78, 5) is 1.38. The van der Waals surface area contributed by atoms with Gasteiger partial charge in [0, 0.05) is 25.2 Å². The molecule has 1 unspecified atom stereocenters. The van der Waals surface area contributed by atoms with Gasteiger partial charge in [-0.15, -0.1) is 0 Å². The third kappa shape index (κ3) is 3.00. The van der Waals surface area contributed by atoms with E-state index in [2.05, 4.69) is 5.32 Å². The van der Waals surface area contributed by atoms with E-state index in [0.717, 1.165) is 0 Å². The highest BCUT2D eigenvalue weighted by molar-refractivity contribution is 5.50. The molecular formula is C13H16F4N2. The van der Waals surface area contributed by atoms with Gasteiger partial charge in [0.25, 0.3) is 0 Å². The lowest BCUT2D eigenvalue weighted by molar-refractivity contribution is 0.436. The van der Waals surface area contributed by atoms with Crippen molar-refractivity contribution in [2.24, 2.45) is 0 Å². The molecule has 0 radical (unpaired) electrons. The average Bonchev–Trinajstić information content (AvgIpc) is 2.35. The van der Waals surface area contributed by atoms with Crippen molar-refractivity contribution in [3.63, 3.8) is 0 Å². The molecule has 0 amide bonds. The van der Waals surface area contributed by atoms with E-state index in [1.807, 2.05) is 6.92 Å². The molecule has 1 saturated heterocycles. The second kappa shape index (κ2) is 5.77. The number of rotatable bonds is 1. The van der Waals surface area contributed by atoms with Gasteiger partial charge in [0.2, 0.25) is 0 Å². The van der Waals surface area contributed by atoms with Crippen molar-refractivity contribution >= 4 is 5.69 Å². The first kappa shape index (κ1) is 14.1. The number of nitrogens with zero attached hydrogens (tertiary/aromatic N) is 1. The van der Waals surface area contributed by atoms with Crippen LogP contribution in [0.25, 0.3) is 0 Å². The third-order valence-corrected chi connectivity index (χ3v) is 3.33. The minimum absolute atomic E-state index is 0.201. The summed E-state index contributed by atoms with van der Waals surface area (Å²) >= 11 is 0. The van der Waals surface area contributed by atoms with Gasteiger partial charge in [-0.2, -0.15) is 0 Å². The minimum atomic E-state index is -1.36. The fourth-order valence-corrected chi connectivity index (χ4v) is 2.24. The molecule has 2 nitrogen and oxygen atoms in total. The molecule has 1 aliphatic rings. The van der Waals surface area contributed by atoms with Crippen LogP contribution in [0, 0.1) is 23.3 Å². The SMILES string of the molecule is CC1CCN(c2c(F)c(F)cc(F)c2F)CCCN1. The van der Waals surface area contributed by atoms with Gasteiger partial charge in [-0.3, -0.25) is 0 Å². The van der Waals surface area contributed by atoms with Crippen LogP contribution in [0.5, 0.6) is 0 Å². The van der Waals surface area contributed by atoms with E-state index in [1.165, 1.54) is 4.90 Å². The smallest absolute Gasteiger partial charge is 0.185 e. The first-order valence-electron chi connectivity index (χ1n) is 6.32. The first-order chi connectivity index (χ1) is 9.00. The molecule has 1 heterocycles. The molecule has 6 heteroatoms. The van der Waals surface area contributed by atoms with Crippen LogP contribution in [0.1, 0.15) is 19.8 Å². The van der Waals surface area contributed by atoms with Gasteiger partial charge in [0.1, 0.15) is 5.69 Å². The van der Waals surface area contributed by atoms with Crippen LogP contribution in [0.3, 0.4) is 0 Å². The highest BCUT2D eigenvalue weighted by Gasteiger charge is 2.24. The van der Waals surface area contributed by atoms with Crippen molar-refractivity contribution in [3.8, 4) is 0 Å². The summed E-state index contributed by atoms with van der Waals surface area (Å²) in [6.45, 7) is 3.38. The molecule has 1 N–H and O–H groups in total. The number of benzene rings is 1. The first-order valence-corrected chi connectivity index (χ1v) is 6.32. The van der Waals surface area contributed by atoms with E-state index in [9.17, 15) is 17.6 Å². The zero-order valence-corrected chi connectivity index (χ0v) is 10.6. The molecule has 1 aromatic rings. The number of anilines is 1. The van der Waals surface area contributed by atoms with Gasteiger partial charge in [-0.05, 0) is 26.3 Å². The van der Waals surface area contributed by atoms with Crippen LogP contribution in [0.15, 0.2) is 6.07 Å². The molecule has 1 aromatic carbocycles. The molecule has 0 spiro atoms. The maximum atomic E-state index is 13.7. The van der Waals surface area contributed by atoms with Gasteiger partial charge in [-0.1, -0.05) is 0 Å². The monoisotopic (exact) mass is 276 g/mol. The van der Waals surface area contributed by atoms with Crippen LogP contribution in [-0.4, -0.2) is 25.7 Å². The van der Waals surface area contributed by atoms with Gasteiger partial charge in [-0.25, -0.2) is 17.6 Å². The van der Waals surface area contributed by atoms with Gasteiger partial charge < -0.3 is 10.2 Å². The van der Waals surface area contributed by atoms with E-state index in [-0.39, 0.29) is 12.1 Å². The Balaban J connectivity index is 2.34. The van der Waals surface area contributed by atoms with Crippen molar-refractivity contribution in [1.29, 1.82) is 0 Å². The standard InChI is InChI=1S/C13H16F4N2/c1-8-3-6-19(5-2-4-18-8)13-11(16)9(14)7-10(15)12(13)17/h7-8,18H,2-6H2,1H3. The van der Waals surface area contributed by atoms with Crippen molar-refractivity contribution in [2.45, 2.75) is 25.8 Å². The van der Waals surface area contributed by atoms with E-state index in [0.29, 0.717) is 32.5 Å². The lowest BCUT2D eigenvalue weighted by Gasteiger charge is -2.30. The molecule has 106 valence electrons. The molecule has 1 aliphatic heterocycles. The van der Waals surface area contributed by atoms with Crippen molar-refractivity contribution in [1.82, 2.24) is 5.32 Å². The Morgan fingerprint density at radius 3 is 2.37 bits per heavy atom. The summed E-state index contributed by atoms with van der Waals surface area (Å²) in [6, 6.07) is 0.440. The molecule has 0 aliphatic carbocycles. The number of hydrogen-bond acceptors (Lipinski definition) is 2. The Morgan fingerprint density at radius 1 is 1.11 bits per heavy atom. The maximum absolute atomic E-state index is 13.7. The van der Waals surface area contributed by atoms with Crippen molar-refractivity contribution in [3.05, 3.63) is 29.3 Å². The topological polar surface area (TPSA) is 15.3 Å². The van der Waals surface area contributed by atoms with E-state index < -0.39 is 29.0 Å². The Bertz CT molecular complexity index is 438. The van der Waals surface area contributed by atoms with Crippen LogP contribution >= 0.6 is 0 Å². The Morgan fingerprint density at radius 2 is 1.74 bits per heavy atom. The van der Waals surface area contributed by atoms with Crippen LogP contribution in [0.4, 0.5) is 23.2 Å². The molecule has 1 fully saturated rings. The molecule has 1 atom stereocenters. The van der Waals surface area contributed by atoms with Crippen LogP contribution in [-0.2, 0) is 0 Å². The lowest BCUT2D eigenvalue weighted by Crippen LogP contribution is -2.39. The lowest BCUT2D eigenvalue weighted by atomic mass is 10.1. The largest absolute Gasteiger partial charge is 0.367 e. The van der Waals surface area contributed by atoms with Crippen LogP contribution < -0.4 is 10.2 Å². The normalized spacial score (nSPS) is 21.1. The third-order valence-electron chi connectivity index (χ3n) is 3.33. The van der Waals surface area contributed by atoms with E-state index in [4.69, 9.17) is 0 Å². The quantitative estimate of drug-likeness (QED) is 0.627. The zero-order valence-electron chi connectivity index (χ0n) is 10.6. The summed E-state index contributed by atoms with van der Waals surface area (Å²) in [6.07, 6.45) is 1.30. The Hall–Kier alpha value is -1.30. The summed E-state index contributed by atoms with van der Waals surface area (Å²) in [5.74, 6) is -5.36. The maximum Gasteiger partial charge on any atom is 0.185 e. The highest BCUT2D eigenvalue weighted by atomic mass is 19.2. The second-order valence-electron chi connectivity index (χ2n) is 4.80. The van der Waals surface area contributed by atoms with Gasteiger partial charge >= 0.3 is 0 Å². The Kier molecular flexibility index (Phi) is 4.29. The van der Waals surface area contributed by atoms with E-state index >= 15 is 0 Å². The Labute approximate surface area is 109 Å². The fourth-order valence-electron chi connectivity index (χ4n) is 2.24. The minimum Gasteiger partial charge on any atom is -0.367 e. The average molecular weight is 276 g/mol. The van der Waals surface area contributed by atoms with Gasteiger partial charge in [0.05, 0.1) is 0 Å². The molecular weight excluding hydrogens is 260 g/mol. The van der Waals surface area contributed by atoms with E-state index in [1.54, 1.807) is 0 Å².